The molecule has 0 spiro atoms. The molecule has 0 aromatic rings. The van der Waals surface area contributed by atoms with E-state index >= 15 is 0 Å². The van der Waals surface area contributed by atoms with Gasteiger partial charge in [0.25, 0.3) is 0 Å². The summed E-state index contributed by atoms with van der Waals surface area (Å²) in [4.78, 5) is 22.8. The third-order valence-corrected chi connectivity index (χ3v) is 3.25. The second-order valence-electron chi connectivity index (χ2n) is 5.16. The highest BCUT2D eigenvalue weighted by atomic mass is 16.6. The van der Waals surface area contributed by atoms with Gasteiger partial charge in [-0.2, -0.15) is 0 Å². The molecule has 0 aliphatic carbocycles. The first-order chi connectivity index (χ1) is 9.02. The topological polar surface area (TPSA) is 63.6 Å². The van der Waals surface area contributed by atoms with Crippen LogP contribution in [0, 0.1) is 5.92 Å². The summed E-state index contributed by atoms with van der Waals surface area (Å²) in [7, 11) is 0. The molecule has 112 valence electrons. The summed E-state index contributed by atoms with van der Waals surface area (Å²) < 4.78 is 5.09. The monoisotopic (exact) mass is 272 g/mol. The summed E-state index contributed by atoms with van der Waals surface area (Å²) in [6.07, 6.45) is 6.31. The maximum atomic E-state index is 11.8. The van der Waals surface area contributed by atoms with Crippen LogP contribution in [0.15, 0.2) is 0 Å². The zero-order valence-electron chi connectivity index (χ0n) is 12.5. The Hall–Kier alpha value is -1.06. The summed E-state index contributed by atoms with van der Waals surface area (Å²) in [6.45, 7) is 5.94. The lowest BCUT2D eigenvalue weighted by atomic mass is 10.0. The smallest absolute Gasteiger partial charge is 0.345 e. The fourth-order valence-electron chi connectivity index (χ4n) is 1.87. The second kappa shape index (κ2) is 10.8. The highest BCUT2D eigenvalue weighted by Crippen LogP contribution is 2.14. The minimum Gasteiger partial charge on any atom is -0.479 e. The minimum absolute atomic E-state index is 0.208. The van der Waals surface area contributed by atoms with E-state index < -0.39 is 12.1 Å². The Kier molecular flexibility index (Phi) is 10.2. The first kappa shape index (κ1) is 17.9. The van der Waals surface area contributed by atoms with Crippen molar-refractivity contribution in [1.29, 1.82) is 0 Å². The number of aliphatic carboxylic acids is 1. The molecule has 0 fully saturated rings. The number of carbonyl (C=O) groups excluding carboxylic acids is 1. The number of carboxylic acid groups (broad SMARTS) is 1. The molecule has 1 N–H and O–H groups in total. The van der Waals surface area contributed by atoms with Crippen molar-refractivity contribution in [2.24, 2.45) is 5.92 Å². The zero-order valence-corrected chi connectivity index (χ0v) is 12.5. The van der Waals surface area contributed by atoms with Crippen LogP contribution in [0.2, 0.25) is 0 Å². The second-order valence-corrected chi connectivity index (χ2v) is 5.16. The van der Waals surface area contributed by atoms with E-state index in [4.69, 9.17) is 9.84 Å². The molecule has 0 amide bonds. The number of carbonyl (C=O) groups is 2. The van der Waals surface area contributed by atoms with Gasteiger partial charge >= 0.3 is 11.9 Å². The number of rotatable bonds is 11. The maximum Gasteiger partial charge on any atom is 0.345 e. The molecule has 0 aromatic heterocycles. The Morgan fingerprint density at radius 1 is 1.00 bits per heavy atom. The van der Waals surface area contributed by atoms with Crippen molar-refractivity contribution in [3.8, 4) is 0 Å². The Morgan fingerprint density at radius 2 is 1.63 bits per heavy atom. The molecule has 0 radical (unpaired) electrons. The molecule has 19 heavy (non-hydrogen) atoms. The van der Waals surface area contributed by atoms with E-state index in [1.165, 1.54) is 6.42 Å². The average Bonchev–Trinajstić information content (AvgIpc) is 2.38. The molecule has 0 saturated heterocycles. The third kappa shape index (κ3) is 8.62. The molecular weight excluding hydrogens is 244 g/mol. The number of esters is 1. The highest BCUT2D eigenvalue weighted by Gasteiger charge is 2.24. The van der Waals surface area contributed by atoms with Crippen LogP contribution < -0.4 is 0 Å². The third-order valence-electron chi connectivity index (χ3n) is 3.25. The molecule has 0 aliphatic heterocycles. The number of carboxylic acids is 1. The van der Waals surface area contributed by atoms with E-state index in [-0.39, 0.29) is 11.9 Å². The summed E-state index contributed by atoms with van der Waals surface area (Å²) in [6, 6.07) is 0. The average molecular weight is 272 g/mol. The van der Waals surface area contributed by atoms with Gasteiger partial charge in [-0.3, -0.25) is 4.79 Å². The van der Waals surface area contributed by atoms with Gasteiger partial charge in [0.2, 0.25) is 0 Å². The van der Waals surface area contributed by atoms with Crippen LogP contribution in [0.25, 0.3) is 0 Å². The molecule has 0 heterocycles. The van der Waals surface area contributed by atoms with Gasteiger partial charge in [0, 0.05) is 0 Å². The molecule has 4 heteroatoms. The summed E-state index contributed by atoms with van der Waals surface area (Å²) in [5.74, 6) is -1.62. The van der Waals surface area contributed by atoms with Crippen LogP contribution in [0.5, 0.6) is 0 Å². The van der Waals surface area contributed by atoms with Gasteiger partial charge in [0.05, 0.1) is 5.92 Å². The fraction of sp³-hybridized carbons (Fsp3) is 0.867. The Balaban J connectivity index is 4.05. The SMILES string of the molecule is CCCCCCC(C)C(=O)OC(CCCC)C(=O)O. The lowest BCUT2D eigenvalue weighted by molar-refractivity contribution is -0.167. The van der Waals surface area contributed by atoms with Gasteiger partial charge in [-0.25, -0.2) is 4.79 Å². The van der Waals surface area contributed by atoms with Crippen LogP contribution in [0.1, 0.15) is 72.1 Å². The number of ether oxygens (including phenoxy) is 1. The van der Waals surface area contributed by atoms with E-state index in [0.29, 0.717) is 6.42 Å². The predicted octanol–water partition coefficient (Wildman–Crippen LogP) is 3.78. The molecule has 4 nitrogen and oxygen atoms in total. The van der Waals surface area contributed by atoms with Crippen LogP contribution in [0.3, 0.4) is 0 Å². The number of unbranched alkanes of at least 4 members (excludes halogenated alkanes) is 4. The predicted molar refractivity (Wildman–Crippen MR) is 75.0 cm³/mol. The van der Waals surface area contributed by atoms with Gasteiger partial charge in [-0.05, 0) is 19.3 Å². The largest absolute Gasteiger partial charge is 0.479 e. The molecule has 2 unspecified atom stereocenters. The van der Waals surface area contributed by atoms with Crippen molar-refractivity contribution < 1.29 is 19.4 Å². The van der Waals surface area contributed by atoms with Crippen LogP contribution in [-0.2, 0) is 14.3 Å². The Morgan fingerprint density at radius 3 is 2.16 bits per heavy atom. The summed E-state index contributed by atoms with van der Waals surface area (Å²) in [5.41, 5.74) is 0. The van der Waals surface area contributed by atoms with Crippen molar-refractivity contribution in [2.45, 2.75) is 78.2 Å². The van der Waals surface area contributed by atoms with Crippen LogP contribution in [0.4, 0.5) is 0 Å². The van der Waals surface area contributed by atoms with Gasteiger partial charge in [-0.1, -0.05) is 52.9 Å². The van der Waals surface area contributed by atoms with Crippen molar-refractivity contribution in [2.75, 3.05) is 0 Å². The lowest BCUT2D eigenvalue weighted by Crippen LogP contribution is -2.29. The van der Waals surface area contributed by atoms with Gasteiger partial charge in [0.15, 0.2) is 6.10 Å². The molecule has 0 saturated carbocycles. The molecule has 0 rings (SSSR count). The van der Waals surface area contributed by atoms with Crippen molar-refractivity contribution >= 4 is 11.9 Å². The van der Waals surface area contributed by atoms with E-state index in [1.807, 2.05) is 13.8 Å². The van der Waals surface area contributed by atoms with Crippen molar-refractivity contribution in [3.05, 3.63) is 0 Å². The molecular formula is C15H28O4. The first-order valence-electron chi connectivity index (χ1n) is 7.46. The minimum atomic E-state index is -1.04. The van der Waals surface area contributed by atoms with Crippen LogP contribution >= 0.6 is 0 Å². The van der Waals surface area contributed by atoms with Crippen molar-refractivity contribution in [1.82, 2.24) is 0 Å². The standard InChI is InChI=1S/C15H28O4/c1-4-6-8-9-10-12(3)15(18)19-13(14(16)17)11-7-5-2/h12-13H,4-11H2,1-3H3,(H,16,17). The van der Waals surface area contributed by atoms with Gasteiger partial charge in [0.1, 0.15) is 0 Å². The van der Waals surface area contributed by atoms with E-state index in [9.17, 15) is 9.59 Å². The lowest BCUT2D eigenvalue weighted by Gasteiger charge is -2.16. The molecule has 0 aromatic carbocycles. The highest BCUT2D eigenvalue weighted by molar-refractivity contribution is 5.78. The summed E-state index contributed by atoms with van der Waals surface area (Å²) >= 11 is 0. The van der Waals surface area contributed by atoms with Gasteiger partial charge < -0.3 is 9.84 Å². The normalized spacial score (nSPS) is 13.8. The van der Waals surface area contributed by atoms with E-state index in [2.05, 4.69) is 6.92 Å². The van der Waals surface area contributed by atoms with E-state index in [0.717, 1.165) is 38.5 Å². The maximum absolute atomic E-state index is 11.8. The molecule has 2 atom stereocenters. The molecule has 0 bridgehead atoms. The quantitative estimate of drug-likeness (QED) is 0.459. The Bertz CT molecular complexity index is 263. The van der Waals surface area contributed by atoms with Crippen molar-refractivity contribution in [3.63, 3.8) is 0 Å². The van der Waals surface area contributed by atoms with Crippen LogP contribution in [-0.4, -0.2) is 23.1 Å². The Labute approximate surface area is 116 Å². The summed E-state index contributed by atoms with van der Waals surface area (Å²) in [5, 5.41) is 9.00. The fourth-order valence-corrected chi connectivity index (χ4v) is 1.87. The van der Waals surface area contributed by atoms with Gasteiger partial charge in [-0.15, -0.1) is 0 Å². The molecule has 0 aliphatic rings. The first-order valence-corrected chi connectivity index (χ1v) is 7.46. The zero-order chi connectivity index (χ0) is 14.7. The number of hydrogen-bond acceptors (Lipinski definition) is 3. The van der Waals surface area contributed by atoms with E-state index in [1.54, 1.807) is 0 Å². The number of hydrogen-bond donors (Lipinski definition) is 1.